The van der Waals surface area contributed by atoms with Crippen molar-refractivity contribution in [2.75, 3.05) is 11.6 Å². The number of nitrogens with one attached hydrogen (secondary N) is 1. The molecule has 1 atom stereocenters. The molecule has 6 rings (SSSR count). The predicted octanol–water partition coefficient (Wildman–Crippen LogP) is 5.94. The number of fused-ring (bicyclic) bond motifs is 2. The van der Waals surface area contributed by atoms with Gasteiger partial charge in [0.15, 0.2) is 5.16 Å². The Bertz CT molecular complexity index is 1990. The van der Waals surface area contributed by atoms with Crippen LogP contribution in [0.4, 0.5) is 5.82 Å². The smallest absolute Gasteiger partial charge is 0.266 e. The zero-order valence-electron chi connectivity index (χ0n) is 22.3. The van der Waals surface area contributed by atoms with E-state index in [0.717, 1.165) is 16.5 Å². The summed E-state index contributed by atoms with van der Waals surface area (Å²) in [5.41, 5.74) is 3.76. The third-order valence-electron chi connectivity index (χ3n) is 6.85. The van der Waals surface area contributed by atoms with Crippen molar-refractivity contribution in [3.05, 3.63) is 107 Å². The van der Waals surface area contributed by atoms with Gasteiger partial charge in [-0.2, -0.15) is 5.26 Å². The minimum Gasteiger partial charge on any atom is -0.359 e. The van der Waals surface area contributed by atoms with Crippen LogP contribution in [0.3, 0.4) is 0 Å². The molecular formula is C31H24N8OS. The first kappa shape index (κ1) is 26.1. The van der Waals surface area contributed by atoms with Crippen LogP contribution >= 0.6 is 11.8 Å². The van der Waals surface area contributed by atoms with E-state index in [1.54, 1.807) is 35.2 Å². The molecule has 0 bridgehead atoms. The maximum Gasteiger partial charge on any atom is 0.266 e. The highest BCUT2D eigenvalue weighted by Gasteiger charge is 2.23. The van der Waals surface area contributed by atoms with Gasteiger partial charge in [0, 0.05) is 23.3 Å². The van der Waals surface area contributed by atoms with Gasteiger partial charge in [0.05, 0.1) is 39.8 Å². The van der Waals surface area contributed by atoms with E-state index < -0.39 is 0 Å². The van der Waals surface area contributed by atoms with Crippen molar-refractivity contribution in [2.24, 2.45) is 0 Å². The van der Waals surface area contributed by atoms with Crippen LogP contribution in [0.1, 0.15) is 30.8 Å². The molecule has 6 aromatic rings. The minimum absolute atomic E-state index is 0.194. The van der Waals surface area contributed by atoms with Crippen molar-refractivity contribution in [1.29, 1.82) is 5.26 Å². The number of para-hydroxylation sites is 1. The number of rotatable bonds is 7. The number of aromatic nitrogens is 6. The summed E-state index contributed by atoms with van der Waals surface area (Å²) in [6.07, 6.45) is 7.48. The fourth-order valence-corrected chi connectivity index (χ4v) is 5.18. The van der Waals surface area contributed by atoms with Gasteiger partial charge in [-0.15, -0.1) is 0 Å². The molecule has 0 saturated heterocycles. The average molecular weight is 557 g/mol. The molecule has 9 nitrogen and oxygen atoms in total. The third-order valence-corrected chi connectivity index (χ3v) is 7.43. The van der Waals surface area contributed by atoms with Crippen LogP contribution in [-0.4, -0.2) is 35.7 Å². The Kier molecular flexibility index (Phi) is 7.10. The van der Waals surface area contributed by atoms with E-state index in [2.05, 4.69) is 31.3 Å². The number of thioether (sulfide) groups is 1. The molecule has 0 saturated carbocycles. The number of nitrogens with zero attached hydrogens (tertiary/aromatic N) is 7. The number of hydrogen-bond acceptors (Lipinski definition) is 9. The quantitative estimate of drug-likeness (QED) is 0.188. The number of anilines is 1. The molecule has 1 unspecified atom stereocenters. The van der Waals surface area contributed by atoms with Gasteiger partial charge >= 0.3 is 0 Å². The first-order valence-electron chi connectivity index (χ1n) is 13.0. The van der Waals surface area contributed by atoms with Gasteiger partial charge in [0.2, 0.25) is 0 Å². The predicted molar refractivity (Wildman–Crippen MR) is 161 cm³/mol. The van der Waals surface area contributed by atoms with Gasteiger partial charge in [-0.1, -0.05) is 49.0 Å². The van der Waals surface area contributed by atoms with Gasteiger partial charge in [-0.3, -0.25) is 9.36 Å². The summed E-state index contributed by atoms with van der Waals surface area (Å²) < 4.78 is 1.66. The summed E-state index contributed by atoms with van der Waals surface area (Å²) in [4.78, 5) is 37.2. The van der Waals surface area contributed by atoms with Gasteiger partial charge in [0.1, 0.15) is 18.0 Å². The van der Waals surface area contributed by atoms with Crippen LogP contribution in [0.25, 0.3) is 38.6 Å². The molecule has 41 heavy (non-hydrogen) atoms. The van der Waals surface area contributed by atoms with Crippen LogP contribution in [0.5, 0.6) is 0 Å². The highest BCUT2D eigenvalue weighted by Crippen LogP contribution is 2.30. The van der Waals surface area contributed by atoms with Crippen LogP contribution in [-0.2, 0) is 0 Å². The summed E-state index contributed by atoms with van der Waals surface area (Å²) in [6, 6.07) is 22.2. The normalized spacial score (nSPS) is 11.8. The lowest BCUT2D eigenvalue weighted by Gasteiger charge is -2.23. The molecule has 0 fully saturated rings. The first-order valence-corrected chi connectivity index (χ1v) is 14.2. The molecule has 1 N–H and O–H groups in total. The Morgan fingerprint density at radius 3 is 2.51 bits per heavy atom. The molecule has 0 spiro atoms. The molecule has 3 aromatic heterocycles. The highest BCUT2D eigenvalue weighted by molar-refractivity contribution is 7.98. The second kappa shape index (κ2) is 11.2. The van der Waals surface area contributed by atoms with Crippen molar-refractivity contribution in [1.82, 2.24) is 29.5 Å². The monoisotopic (exact) mass is 556 g/mol. The lowest BCUT2D eigenvalue weighted by molar-refractivity contribution is 0.659. The van der Waals surface area contributed by atoms with Crippen LogP contribution < -0.4 is 10.9 Å². The van der Waals surface area contributed by atoms with Crippen molar-refractivity contribution < 1.29 is 0 Å². The Balaban J connectivity index is 1.56. The molecule has 10 heteroatoms. The van der Waals surface area contributed by atoms with Crippen molar-refractivity contribution >= 4 is 39.4 Å². The summed E-state index contributed by atoms with van der Waals surface area (Å²) in [5.74, 6) is 1.11. The molecule has 3 heterocycles. The topological polar surface area (TPSA) is 122 Å². The maximum absolute atomic E-state index is 14.4. The summed E-state index contributed by atoms with van der Waals surface area (Å²) in [7, 11) is 0. The van der Waals surface area contributed by atoms with Gasteiger partial charge in [-0.05, 0) is 54.6 Å². The molecule has 0 radical (unpaired) electrons. The largest absolute Gasteiger partial charge is 0.359 e. The van der Waals surface area contributed by atoms with Gasteiger partial charge < -0.3 is 5.32 Å². The lowest BCUT2D eigenvalue weighted by Crippen LogP contribution is -2.28. The third kappa shape index (κ3) is 4.88. The van der Waals surface area contributed by atoms with E-state index in [4.69, 9.17) is 4.98 Å². The van der Waals surface area contributed by atoms with Crippen molar-refractivity contribution in [2.45, 2.75) is 24.5 Å². The first-order chi connectivity index (χ1) is 20.1. The molecule has 0 aliphatic rings. The Hall–Kier alpha value is -5.14. The maximum atomic E-state index is 14.4. The van der Waals surface area contributed by atoms with Crippen LogP contribution in [0.15, 0.2) is 95.4 Å². The fourth-order valence-electron chi connectivity index (χ4n) is 4.86. The van der Waals surface area contributed by atoms with Crippen molar-refractivity contribution in [3.8, 4) is 22.9 Å². The van der Waals surface area contributed by atoms with Gasteiger partial charge in [-0.25, -0.2) is 24.9 Å². The van der Waals surface area contributed by atoms with Crippen LogP contribution in [0, 0.1) is 11.3 Å². The number of benzene rings is 3. The Labute approximate surface area is 240 Å². The Morgan fingerprint density at radius 1 is 0.976 bits per heavy atom. The molecule has 0 aliphatic heterocycles. The number of hydrogen-bond donors (Lipinski definition) is 1. The van der Waals surface area contributed by atoms with Crippen molar-refractivity contribution in [3.63, 3.8) is 0 Å². The summed E-state index contributed by atoms with van der Waals surface area (Å²) in [5, 5.41) is 14.8. The van der Waals surface area contributed by atoms with E-state index >= 15 is 0 Å². The van der Waals surface area contributed by atoms with E-state index in [0.29, 0.717) is 50.9 Å². The van der Waals surface area contributed by atoms with E-state index in [-0.39, 0.29) is 11.6 Å². The molecule has 200 valence electrons. The SMILES string of the molecule is CCC(Nc1ncnc2ccc(C#N)cc12)c1nc2cccc(-c3cnc(SC)nc3)c2c(=O)n1-c1ccccc1. The second-order valence-corrected chi connectivity index (χ2v) is 10.0. The summed E-state index contributed by atoms with van der Waals surface area (Å²) >= 11 is 1.46. The van der Waals surface area contributed by atoms with E-state index in [9.17, 15) is 10.1 Å². The Morgan fingerprint density at radius 2 is 1.78 bits per heavy atom. The van der Waals surface area contributed by atoms with E-state index in [1.807, 2.05) is 61.7 Å². The second-order valence-electron chi connectivity index (χ2n) is 9.28. The fraction of sp³-hybridized carbons (Fsp3) is 0.129. The molecular weight excluding hydrogens is 532 g/mol. The summed E-state index contributed by atoms with van der Waals surface area (Å²) in [6.45, 7) is 2.02. The standard InChI is InChI=1S/C31H24N8OS/c1-3-24(37-28-23-14-19(15-32)12-13-25(23)35-18-36-28)29-38-26-11-7-10-22(20-16-33-31(41-2)34-17-20)27(26)30(40)39(29)21-8-5-4-6-9-21/h4-14,16-18,24H,3H2,1-2H3,(H,35,36,37). The zero-order chi connectivity index (χ0) is 28.3. The molecule has 0 aliphatic carbocycles. The van der Waals surface area contributed by atoms with Gasteiger partial charge in [0.25, 0.3) is 5.56 Å². The average Bonchev–Trinajstić information content (AvgIpc) is 3.03. The number of nitriles is 1. The van der Waals surface area contributed by atoms with E-state index in [1.165, 1.54) is 18.1 Å². The van der Waals surface area contributed by atoms with Crippen LogP contribution in [0.2, 0.25) is 0 Å². The minimum atomic E-state index is -0.385. The lowest BCUT2D eigenvalue weighted by atomic mass is 10.0. The highest BCUT2D eigenvalue weighted by atomic mass is 32.2. The zero-order valence-corrected chi connectivity index (χ0v) is 23.1. The molecule has 0 amide bonds. The molecule has 3 aromatic carbocycles.